The second-order valence-electron chi connectivity index (χ2n) is 8.60. The van der Waals surface area contributed by atoms with Crippen LogP contribution >= 0.6 is 0 Å². The second-order valence-corrected chi connectivity index (χ2v) is 8.60. The lowest BCUT2D eigenvalue weighted by atomic mass is 9.97. The van der Waals surface area contributed by atoms with E-state index in [1.54, 1.807) is 10.9 Å². The summed E-state index contributed by atoms with van der Waals surface area (Å²) in [6.07, 6.45) is 3.41. The average molecular weight is 428 g/mol. The molecule has 3 N–H and O–H groups in total. The number of pyridine rings is 2. The van der Waals surface area contributed by atoms with E-state index in [0.29, 0.717) is 18.1 Å². The van der Waals surface area contributed by atoms with E-state index >= 15 is 0 Å². The Labute approximate surface area is 185 Å². The molecule has 0 bridgehead atoms. The number of nitrogens with two attached hydrogens (primary N) is 1. The van der Waals surface area contributed by atoms with Crippen LogP contribution in [0.25, 0.3) is 10.9 Å². The van der Waals surface area contributed by atoms with Crippen molar-refractivity contribution in [3.8, 4) is 0 Å². The first kappa shape index (κ1) is 20.1. The summed E-state index contributed by atoms with van der Waals surface area (Å²) in [7, 11) is 0. The molecule has 1 amide bonds. The van der Waals surface area contributed by atoms with Crippen LogP contribution in [0.2, 0.25) is 0 Å². The molecule has 0 radical (unpaired) electrons. The van der Waals surface area contributed by atoms with E-state index in [9.17, 15) is 4.79 Å². The SMILES string of the molecule is Cc1ccc2cccc(Cn3cc(C(=O)NC4(c5c(C)cc(N)nc5C)CC4)nn3)c2n1. The van der Waals surface area contributed by atoms with Gasteiger partial charge in [0.1, 0.15) is 5.82 Å². The first-order chi connectivity index (χ1) is 15.3. The van der Waals surface area contributed by atoms with E-state index in [1.165, 1.54) is 0 Å². The lowest BCUT2D eigenvalue weighted by Gasteiger charge is -2.21. The number of hydrogen-bond donors (Lipinski definition) is 2. The van der Waals surface area contributed by atoms with Crippen LogP contribution in [0.15, 0.2) is 42.6 Å². The number of amides is 1. The molecule has 1 saturated carbocycles. The fourth-order valence-corrected chi connectivity index (χ4v) is 4.52. The highest BCUT2D eigenvalue weighted by Crippen LogP contribution is 2.48. The number of para-hydroxylation sites is 1. The Hall–Kier alpha value is -3.81. The number of carbonyl (C=O) groups is 1. The van der Waals surface area contributed by atoms with Gasteiger partial charge in [0.25, 0.3) is 5.91 Å². The van der Waals surface area contributed by atoms with Gasteiger partial charge in [0, 0.05) is 22.3 Å². The van der Waals surface area contributed by atoms with Gasteiger partial charge in [0.15, 0.2) is 5.69 Å². The number of hydrogen-bond acceptors (Lipinski definition) is 6. The zero-order valence-corrected chi connectivity index (χ0v) is 18.4. The van der Waals surface area contributed by atoms with Crippen LogP contribution in [0.3, 0.4) is 0 Å². The summed E-state index contributed by atoms with van der Waals surface area (Å²) in [5.74, 6) is 0.253. The molecule has 8 heteroatoms. The minimum atomic E-state index is -0.410. The fraction of sp³-hybridized carbons (Fsp3) is 0.292. The standard InChI is InChI=1S/C24H25N7O/c1-14-11-20(25)27-16(3)21(14)24(9-10-24)28-23(32)19-13-31(30-29-19)12-18-6-4-5-17-8-7-15(2)26-22(17)18/h4-8,11,13H,9-10,12H2,1-3H3,(H2,25,27)(H,28,32). The van der Waals surface area contributed by atoms with Crippen molar-refractivity contribution in [2.75, 3.05) is 5.73 Å². The molecule has 3 heterocycles. The normalized spacial score (nSPS) is 14.5. The van der Waals surface area contributed by atoms with Gasteiger partial charge in [-0.05, 0) is 56.9 Å². The number of rotatable bonds is 5. The largest absolute Gasteiger partial charge is 0.384 e. The number of nitrogen functional groups attached to an aromatic ring is 1. The highest BCUT2D eigenvalue weighted by atomic mass is 16.2. The van der Waals surface area contributed by atoms with Crippen molar-refractivity contribution in [3.05, 3.63) is 76.4 Å². The van der Waals surface area contributed by atoms with Gasteiger partial charge in [-0.3, -0.25) is 9.78 Å². The number of aryl methyl sites for hydroxylation is 3. The summed E-state index contributed by atoms with van der Waals surface area (Å²) in [6.45, 7) is 6.39. The van der Waals surface area contributed by atoms with Crippen molar-refractivity contribution in [1.29, 1.82) is 0 Å². The summed E-state index contributed by atoms with van der Waals surface area (Å²) in [5.41, 5.74) is 11.6. The Bertz CT molecular complexity index is 1330. The molecule has 162 valence electrons. The molecule has 1 aliphatic carbocycles. The molecule has 3 aromatic heterocycles. The van der Waals surface area contributed by atoms with E-state index in [4.69, 9.17) is 5.73 Å². The maximum atomic E-state index is 13.0. The number of nitrogens with zero attached hydrogens (tertiary/aromatic N) is 5. The Balaban J connectivity index is 1.37. The Kier molecular flexibility index (Phi) is 4.65. The van der Waals surface area contributed by atoms with Crippen molar-refractivity contribution in [3.63, 3.8) is 0 Å². The van der Waals surface area contributed by atoms with E-state index in [-0.39, 0.29) is 5.91 Å². The van der Waals surface area contributed by atoms with Crippen LogP contribution < -0.4 is 11.1 Å². The van der Waals surface area contributed by atoms with Crippen LogP contribution in [0.4, 0.5) is 5.82 Å². The molecule has 0 spiro atoms. The number of benzene rings is 1. The minimum absolute atomic E-state index is 0.240. The van der Waals surface area contributed by atoms with Gasteiger partial charge >= 0.3 is 0 Å². The van der Waals surface area contributed by atoms with Crippen LogP contribution in [-0.4, -0.2) is 30.9 Å². The maximum Gasteiger partial charge on any atom is 0.274 e. The lowest BCUT2D eigenvalue weighted by molar-refractivity contribution is 0.0925. The van der Waals surface area contributed by atoms with Gasteiger partial charge in [0.05, 0.1) is 23.8 Å². The van der Waals surface area contributed by atoms with E-state index in [1.807, 2.05) is 51.1 Å². The van der Waals surface area contributed by atoms with E-state index < -0.39 is 5.54 Å². The van der Waals surface area contributed by atoms with E-state index in [0.717, 1.165) is 51.8 Å². The molecule has 1 fully saturated rings. The molecule has 4 aromatic rings. The number of anilines is 1. The molecule has 0 saturated heterocycles. The lowest BCUT2D eigenvalue weighted by Crippen LogP contribution is -2.36. The predicted molar refractivity (Wildman–Crippen MR) is 122 cm³/mol. The highest BCUT2D eigenvalue weighted by Gasteiger charge is 2.48. The van der Waals surface area contributed by atoms with Gasteiger partial charge in [-0.25, -0.2) is 9.67 Å². The number of aromatic nitrogens is 5. The third-order valence-corrected chi connectivity index (χ3v) is 6.05. The van der Waals surface area contributed by atoms with Crippen molar-refractivity contribution in [1.82, 2.24) is 30.3 Å². The van der Waals surface area contributed by atoms with Gasteiger partial charge in [0.2, 0.25) is 0 Å². The van der Waals surface area contributed by atoms with Crippen molar-refractivity contribution >= 4 is 22.6 Å². The third-order valence-electron chi connectivity index (χ3n) is 6.05. The molecule has 0 atom stereocenters. The smallest absolute Gasteiger partial charge is 0.274 e. The molecule has 8 nitrogen and oxygen atoms in total. The van der Waals surface area contributed by atoms with Crippen LogP contribution in [0, 0.1) is 20.8 Å². The zero-order chi connectivity index (χ0) is 22.5. The van der Waals surface area contributed by atoms with Crippen molar-refractivity contribution in [2.24, 2.45) is 0 Å². The van der Waals surface area contributed by atoms with Crippen LogP contribution in [0.5, 0.6) is 0 Å². The maximum absolute atomic E-state index is 13.0. The van der Waals surface area contributed by atoms with Gasteiger partial charge < -0.3 is 11.1 Å². The summed E-state index contributed by atoms with van der Waals surface area (Å²) >= 11 is 0. The molecule has 5 rings (SSSR count). The quantitative estimate of drug-likeness (QED) is 0.506. The second kappa shape index (κ2) is 7.40. The molecular formula is C24H25N7O. The number of nitrogens with one attached hydrogen (secondary N) is 1. The number of carbonyl (C=O) groups excluding carboxylic acids is 1. The van der Waals surface area contributed by atoms with Crippen molar-refractivity contribution < 1.29 is 4.79 Å². The summed E-state index contributed by atoms with van der Waals surface area (Å²) in [6, 6.07) is 12.0. The topological polar surface area (TPSA) is 112 Å². The first-order valence-corrected chi connectivity index (χ1v) is 10.7. The summed E-state index contributed by atoms with van der Waals surface area (Å²) in [5, 5.41) is 12.5. The third kappa shape index (κ3) is 3.57. The monoisotopic (exact) mass is 427 g/mol. The first-order valence-electron chi connectivity index (χ1n) is 10.7. The molecule has 32 heavy (non-hydrogen) atoms. The van der Waals surface area contributed by atoms with Crippen LogP contribution in [0.1, 0.15) is 51.4 Å². The van der Waals surface area contributed by atoms with Gasteiger partial charge in [-0.1, -0.05) is 29.5 Å². The Morgan fingerprint density at radius 1 is 1.16 bits per heavy atom. The van der Waals surface area contributed by atoms with Crippen LogP contribution in [-0.2, 0) is 12.1 Å². The number of fused-ring (bicyclic) bond motifs is 1. The molecule has 1 aromatic carbocycles. The highest BCUT2D eigenvalue weighted by molar-refractivity contribution is 5.93. The Morgan fingerprint density at radius 2 is 1.97 bits per heavy atom. The van der Waals surface area contributed by atoms with Gasteiger partial charge in [-0.15, -0.1) is 5.10 Å². The molecule has 0 unspecified atom stereocenters. The molecule has 1 aliphatic rings. The van der Waals surface area contributed by atoms with E-state index in [2.05, 4.69) is 31.7 Å². The average Bonchev–Trinajstić information content (AvgIpc) is 3.33. The molecule has 0 aliphatic heterocycles. The van der Waals surface area contributed by atoms with Gasteiger partial charge in [-0.2, -0.15) is 0 Å². The van der Waals surface area contributed by atoms with Crippen molar-refractivity contribution in [2.45, 2.75) is 45.7 Å². The fourth-order valence-electron chi connectivity index (χ4n) is 4.52. The Morgan fingerprint density at radius 3 is 2.72 bits per heavy atom. The minimum Gasteiger partial charge on any atom is -0.384 e. The molecular weight excluding hydrogens is 402 g/mol. The zero-order valence-electron chi connectivity index (χ0n) is 18.4. The summed E-state index contributed by atoms with van der Waals surface area (Å²) in [4.78, 5) is 22.1. The summed E-state index contributed by atoms with van der Waals surface area (Å²) < 4.78 is 1.68. The predicted octanol–water partition coefficient (Wildman–Crippen LogP) is 3.20.